The molecule has 1 aliphatic heterocycles. The molecule has 298 valence electrons. The lowest BCUT2D eigenvalue weighted by atomic mass is 10.1. The molecule has 4 aromatic heterocycles. The number of hydrogen-bond acceptors (Lipinski definition) is 19. The van der Waals surface area contributed by atoms with Crippen molar-refractivity contribution in [2.24, 2.45) is 13.0 Å². The van der Waals surface area contributed by atoms with Gasteiger partial charge in [0.25, 0.3) is 16.7 Å². The minimum Gasteiger partial charge on any atom is -0.390 e. The first kappa shape index (κ1) is 40.4. The number of rotatable bonds is 14. The molecule has 0 amide bonds. The minimum absolute atomic E-state index is 0.0545. The molecule has 5 unspecified atom stereocenters. The summed E-state index contributed by atoms with van der Waals surface area (Å²) >= 11 is 0. The molecule has 5 heterocycles. The summed E-state index contributed by atoms with van der Waals surface area (Å²) in [4.78, 5) is 62.4. The molecule has 0 aromatic carbocycles. The third-order valence-corrected chi connectivity index (χ3v) is 13.5. The normalized spacial score (nSPS) is 29.4. The largest absolute Gasteiger partial charge is 0.490 e. The van der Waals surface area contributed by atoms with Gasteiger partial charge in [-0.05, 0) is 13.3 Å². The lowest BCUT2D eigenvalue weighted by Crippen LogP contribution is -2.35. The topological polar surface area (TPSA) is 361 Å². The second kappa shape index (κ2) is 15.0. The van der Waals surface area contributed by atoms with Gasteiger partial charge in [-0.15, -0.1) is 0 Å². The Morgan fingerprint density at radius 2 is 1.69 bits per heavy atom. The molecule has 1 aliphatic carbocycles. The monoisotopic (exact) mass is 828 g/mol. The van der Waals surface area contributed by atoms with Gasteiger partial charge in [-0.3, -0.25) is 32.7 Å². The number of aliphatic hydroxyl groups is 3. The number of fused-ring (bicyclic) bond motifs is 2. The Morgan fingerprint density at radius 3 is 2.37 bits per heavy atom. The molecule has 1 saturated carbocycles. The zero-order chi connectivity index (χ0) is 39.5. The van der Waals surface area contributed by atoms with Crippen LogP contribution in [0.4, 0.5) is 5.95 Å². The number of hydrogen-bond donors (Lipinski definition) is 8. The third-order valence-electron chi connectivity index (χ3n) is 8.81. The summed E-state index contributed by atoms with van der Waals surface area (Å²) in [6, 6.07) is -0.902. The number of H-pyrrole nitrogens is 2. The Hall–Kier alpha value is -3.29. The molecule has 54 heavy (non-hydrogen) atoms. The molecule has 29 heteroatoms. The fraction of sp³-hybridized carbons (Fsp3) is 0.600. The van der Waals surface area contributed by atoms with Crippen LogP contribution >= 0.6 is 23.5 Å². The maximum atomic E-state index is 13.2. The van der Waals surface area contributed by atoms with Gasteiger partial charge in [0, 0.05) is 20.1 Å². The highest BCUT2D eigenvalue weighted by Gasteiger charge is 2.50. The van der Waals surface area contributed by atoms with E-state index in [1.54, 1.807) is 7.05 Å². The van der Waals surface area contributed by atoms with Gasteiger partial charge >= 0.3 is 29.0 Å². The third kappa shape index (κ3) is 7.87. The van der Waals surface area contributed by atoms with Crippen molar-refractivity contribution in [3.63, 3.8) is 0 Å². The molecular weight excluding hydrogens is 791 g/mol. The Morgan fingerprint density at radius 1 is 0.963 bits per heavy atom. The van der Waals surface area contributed by atoms with Crippen LogP contribution in [0.2, 0.25) is 0 Å². The van der Waals surface area contributed by atoms with E-state index in [-0.39, 0.29) is 40.5 Å². The van der Waals surface area contributed by atoms with Crippen LogP contribution in [0.3, 0.4) is 0 Å². The molecule has 0 bridgehead atoms. The molecule has 1 saturated heterocycles. The van der Waals surface area contributed by atoms with Crippen LogP contribution in [0.1, 0.15) is 24.5 Å². The average molecular weight is 829 g/mol. The van der Waals surface area contributed by atoms with Gasteiger partial charge in [0.1, 0.15) is 36.3 Å². The second-order valence-corrected chi connectivity index (χ2v) is 17.3. The minimum atomic E-state index is -5.82. The first-order chi connectivity index (χ1) is 25.3. The second-order valence-electron chi connectivity index (χ2n) is 12.4. The SMILES string of the molecule is COC1[C@@H](COP(=O)(O)OP(=O)(O)OP(=O)(OC)OC[C@H]2C[C@@H](n3c[n+](C)c4c(=O)[nH]c(N)nc43)C(O)[C@H]2O)O[C@@H](n2cnc3c(=O)[nH]c(C)nc32)[C@H]1O. The predicted molar refractivity (Wildman–Crippen MR) is 177 cm³/mol. The quantitative estimate of drug-likeness (QED) is 0.0511. The summed E-state index contributed by atoms with van der Waals surface area (Å²) in [7, 11) is -13.0. The number of phosphoric ester groups is 2. The molecule has 4 aromatic rings. The first-order valence-corrected chi connectivity index (χ1v) is 20.2. The number of nitrogens with one attached hydrogen (secondary N) is 2. The van der Waals surface area contributed by atoms with Crippen LogP contribution in [0.5, 0.6) is 0 Å². The lowest BCUT2D eigenvalue weighted by Gasteiger charge is -2.23. The molecule has 11 atom stereocenters. The number of nitrogen functional groups attached to an aromatic ring is 1. The summed E-state index contributed by atoms with van der Waals surface area (Å²) in [6.45, 7) is -0.0651. The van der Waals surface area contributed by atoms with Crippen molar-refractivity contribution in [2.75, 3.05) is 33.2 Å². The number of aryl methyl sites for hydroxylation is 2. The number of phosphoric acid groups is 3. The molecule has 2 aliphatic rings. The fourth-order valence-electron chi connectivity index (χ4n) is 6.41. The Bertz CT molecular complexity index is 2310. The molecule has 6 rings (SSSR count). The van der Waals surface area contributed by atoms with E-state index in [0.29, 0.717) is 0 Å². The summed E-state index contributed by atoms with van der Waals surface area (Å²) in [5, 5.41) is 32.5. The highest BCUT2D eigenvalue weighted by Crippen LogP contribution is 2.69. The first-order valence-electron chi connectivity index (χ1n) is 15.7. The summed E-state index contributed by atoms with van der Waals surface area (Å²) in [5.74, 6) is -0.964. The molecule has 0 radical (unpaired) electrons. The van der Waals surface area contributed by atoms with Gasteiger partial charge in [-0.25, -0.2) is 32.8 Å². The number of imidazole rings is 2. The van der Waals surface area contributed by atoms with Gasteiger partial charge in [-0.2, -0.15) is 13.6 Å². The van der Waals surface area contributed by atoms with Gasteiger partial charge in [0.05, 0.1) is 32.7 Å². The van der Waals surface area contributed by atoms with E-state index < -0.39 is 96.5 Å². The van der Waals surface area contributed by atoms with Gasteiger partial charge < -0.3 is 45.3 Å². The molecule has 9 N–H and O–H groups in total. The summed E-state index contributed by atoms with van der Waals surface area (Å²) in [5.41, 5.74) is 4.81. The summed E-state index contributed by atoms with van der Waals surface area (Å²) < 4.78 is 77.3. The van der Waals surface area contributed by atoms with Gasteiger partial charge in [-0.1, -0.05) is 0 Å². The molecule has 2 fully saturated rings. The van der Waals surface area contributed by atoms with Crippen LogP contribution in [0.25, 0.3) is 22.3 Å². The number of nitrogens with zero attached hydrogens (tertiary/aromatic N) is 6. The number of aliphatic hydroxyl groups excluding tert-OH is 3. The van der Waals surface area contributed by atoms with E-state index in [1.807, 2.05) is 0 Å². The maximum absolute atomic E-state index is 13.2. The number of methoxy groups -OCH3 is 1. The highest BCUT2D eigenvalue weighted by molar-refractivity contribution is 7.67. The van der Waals surface area contributed by atoms with Crippen LogP contribution in [0.15, 0.2) is 22.2 Å². The van der Waals surface area contributed by atoms with E-state index in [9.17, 15) is 48.4 Å². The van der Waals surface area contributed by atoms with E-state index in [1.165, 1.54) is 40.4 Å². The predicted octanol–water partition coefficient (Wildman–Crippen LogP) is -1.85. The van der Waals surface area contributed by atoms with Gasteiger partial charge in [0.15, 0.2) is 17.4 Å². The average Bonchev–Trinajstić information content (AvgIpc) is 3.80. The molecule has 0 spiro atoms. The van der Waals surface area contributed by atoms with E-state index >= 15 is 0 Å². The number of aromatic amines is 2. The van der Waals surface area contributed by atoms with Crippen LogP contribution < -0.4 is 21.4 Å². The Balaban J connectivity index is 1.08. The van der Waals surface area contributed by atoms with E-state index in [2.05, 4.69) is 38.1 Å². The van der Waals surface area contributed by atoms with Crippen molar-refractivity contribution >= 4 is 51.7 Å². The number of aromatic nitrogens is 8. The van der Waals surface area contributed by atoms with Gasteiger partial charge in [0.2, 0.25) is 12.3 Å². The maximum Gasteiger partial charge on any atom is 0.490 e. The van der Waals surface area contributed by atoms with Crippen molar-refractivity contribution in [3.8, 4) is 0 Å². The fourth-order valence-corrected chi connectivity index (χ4v) is 10.3. The Kier molecular flexibility index (Phi) is 11.2. The number of anilines is 1. The van der Waals surface area contributed by atoms with Crippen LogP contribution in [0, 0.1) is 12.8 Å². The van der Waals surface area contributed by atoms with Crippen LogP contribution in [-0.4, -0.2) is 117 Å². The number of ether oxygens (including phenoxy) is 2. The highest BCUT2D eigenvalue weighted by atomic mass is 31.3. The Labute approximate surface area is 302 Å². The standard InChI is InChI=1S/C25H36N9O17P3/c1-10-28-20-14(22(38)29-10)27-8-33(20)24-18(37)19(45-3)13(49-24)7-47-52(40,41)50-53(42,43)51-54(44,46-4)48-6-11-5-12(17(36)16(11)35)34-9-32(2)15-21(34)30-25(26)31-23(15)39/h8-9,11-13,16-19,24,35-37H,5-7H2,1-4H3,(H5-,26,28,29,30,31,38,39,40,41,42,43)/p+1/t11-,12-,13-,16+,17?,18+,19?,24-,54?/m1/s1. The van der Waals surface area contributed by atoms with Crippen LogP contribution in [-0.2, 0) is 52.4 Å². The van der Waals surface area contributed by atoms with Crippen molar-refractivity contribution in [2.45, 2.75) is 56.1 Å². The molecular formula is C25H37N9O17P3+. The van der Waals surface area contributed by atoms with Crippen molar-refractivity contribution in [1.82, 2.24) is 34.1 Å². The summed E-state index contributed by atoms with van der Waals surface area (Å²) in [6.07, 6.45) is -5.69. The van der Waals surface area contributed by atoms with Crippen molar-refractivity contribution in [1.29, 1.82) is 0 Å². The lowest BCUT2D eigenvalue weighted by molar-refractivity contribution is -0.646. The smallest absolute Gasteiger partial charge is 0.390 e. The van der Waals surface area contributed by atoms with Crippen molar-refractivity contribution < 1.29 is 75.0 Å². The number of nitrogens with two attached hydrogens (primary N) is 1. The van der Waals surface area contributed by atoms with E-state index in [0.717, 1.165) is 7.11 Å². The zero-order valence-electron chi connectivity index (χ0n) is 28.6. The molecule has 26 nitrogen and oxygen atoms in total. The van der Waals surface area contributed by atoms with Crippen molar-refractivity contribution in [3.05, 3.63) is 39.2 Å². The van der Waals surface area contributed by atoms with E-state index in [4.69, 9.17) is 24.3 Å². The zero-order valence-corrected chi connectivity index (χ0v) is 31.3.